The largest absolute Gasteiger partial charge is 0.355 e. The zero-order valence-electron chi connectivity index (χ0n) is 12.6. The highest BCUT2D eigenvalue weighted by molar-refractivity contribution is 5.79. The Bertz CT molecular complexity index is 650. The Hall–Kier alpha value is -1.95. The molecule has 0 spiro atoms. The Kier molecular flexibility index (Phi) is 4.57. The Labute approximate surface area is 123 Å². The summed E-state index contributed by atoms with van der Waals surface area (Å²) in [5.74, 6) is 0.102. The molecule has 0 saturated carbocycles. The van der Waals surface area contributed by atoms with Crippen molar-refractivity contribution in [2.24, 2.45) is 18.7 Å². The lowest BCUT2D eigenvalue weighted by Crippen LogP contribution is -2.39. The van der Waals surface area contributed by atoms with Crippen LogP contribution in [0.1, 0.15) is 19.7 Å². The number of imidazole rings is 1. The molecule has 0 radical (unpaired) electrons. The van der Waals surface area contributed by atoms with E-state index in [0.29, 0.717) is 18.5 Å². The number of aryl methyl sites for hydroxylation is 1. The number of amides is 1. The van der Waals surface area contributed by atoms with Gasteiger partial charge in [-0.25, -0.2) is 9.37 Å². The highest BCUT2D eigenvalue weighted by atomic mass is 19.1. The van der Waals surface area contributed by atoms with E-state index in [1.807, 2.05) is 17.7 Å². The quantitative estimate of drug-likeness (QED) is 0.874. The second-order valence-electron chi connectivity index (χ2n) is 5.38. The highest BCUT2D eigenvalue weighted by Crippen LogP contribution is 2.17. The van der Waals surface area contributed by atoms with Gasteiger partial charge in [0.2, 0.25) is 5.91 Å². The molecule has 0 saturated heterocycles. The monoisotopic (exact) mass is 292 g/mol. The molecule has 2 aromatic rings. The Balaban J connectivity index is 2.03. The van der Waals surface area contributed by atoms with Crippen LogP contribution in [0, 0.1) is 11.7 Å². The van der Waals surface area contributed by atoms with Crippen molar-refractivity contribution >= 4 is 16.9 Å². The molecule has 21 heavy (non-hydrogen) atoms. The summed E-state index contributed by atoms with van der Waals surface area (Å²) in [5, 5.41) is 2.83. The number of benzene rings is 1. The molecule has 1 heterocycles. The van der Waals surface area contributed by atoms with Gasteiger partial charge in [-0.3, -0.25) is 4.79 Å². The van der Waals surface area contributed by atoms with Crippen molar-refractivity contribution in [1.82, 2.24) is 14.9 Å². The average Bonchev–Trinajstić information content (AvgIpc) is 2.76. The fourth-order valence-electron chi connectivity index (χ4n) is 2.15. The normalized spacial score (nSPS) is 14.1. The van der Waals surface area contributed by atoms with Crippen LogP contribution < -0.4 is 11.1 Å². The van der Waals surface area contributed by atoms with Crippen LogP contribution in [0.4, 0.5) is 4.39 Å². The molecule has 0 fully saturated rings. The van der Waals surface area contributed by atoms with Crippen LogP contribution in [0.5, 0.6) is 0 Å². The Morgan fingerprint density at radius 2 is 2.19 bits per heavy atom. The van der Waals surface area contributed by atoms with Crippen LogP contribution in [-0.2, 0) is 18.3 Å². The summed E-state index contributed by atoms with van der Waals surface area (Å²) in [7, 11) is 1.84. The maximum atomic E-state index is 13.7. The van der Waals surface area contributed by atoms with Crippen molar-refractivity contribution in [2.45, 2.75) is 26.3 Å². The number of carbonyl (C=O) groups is 1. The maximum Gasteiger partial charge on any atom is 0.224 e. The van der Waals surface area contributed by atoms with Gasteiger partial charge in [0, 0.05) is 32.0 Å². The number of fused-ring (bicyclic) bond motifs is 1. The molecule has 0 aliphatic carbocycles. The lowest BCUT2D eigenvalue weighted by Gasteiger charge is -2.15. The average molecular weight is 292 g/mol. The molecule has 3 N–H and O–H groups in total. The molecule has 6 heteroatoms. The number of carbonyl (C=O) groups excluding carboxylic acids is 1. The lowest BCUT2D eigenvalue weighted by molar-refractivity contribution is -0.124. The van der Waals surface area contributed by atoms with Crippen LogP contribution in [0.15, 0.2) is 18.2 Å². The minimum atomic E-state index is -0.330. The highest BCUT2D eigenvalue weighted by Gasteiger charge is 2.17. The molecule has 0 aliphatic heterocycles. The third kappa shape index (κ3) is 3.21. The van der Waals surface area contributed by atoms with Gasteiger partial charge in [-0.15, -0.1) is 0 Å². The number of hydrogen-bond donors (Lipinski definition) is 2. The number of nitrogens with zero attached hydrogens (tertiary/aromatic N) is 2. The van der Waals surface area contributed by atoms with Crippen LogP contribution in [-0.4, -0.2) is 28.0 Å². The number of hydrogen-bond acceptors (Lipinski definition) is 3. The van der Waals surface area contributed by atoms with Crippen molar-refractivity contribution in [3.05, 3.63) is 29.8 Å². The summed E-state index contributed by atoms with van der Waals surface area (Å²) < 4.78 is 15.5. The van der Waals surface area contributed by atoms with Crippen LogP contribution in [0.25, 0.3) is 11.0 Å². The molecule has 1 aromatic heterocycles. The smallest absolute Gasteiger partial charge is 0.224 e. The molecular formula is C15H21FN4O. The molecule has 114 valence electrons. The molecule has 5 nitrogen and oxygen atoms in total. The first kappa shape index (κ1) is 15.4. The molecular weight excluding hydrogens is 271 g/mol. The van der Waals surface area contributed by atoms with Gasteiger partial charge in [0.05, 0.1) is 5.52 Å². The molecule has 2 unspecified atom stereocenters. The number of halogens is 1. The molecule has 2 atom stereocenters. The van der Waals surface area contributed by atoms with E-state index >= 15 is 0 Å². The summed E-state index contributed by atoms with van der Waals surface area (Å²) in [5.41, 5.74) is 6.81. The van der Waals surface area contributed by atoms with Crippen molar-refractivity contribution < 1.29 is 9.18 Å². The van der Waals surface area contributed by atoms with Crippen LogP contribution >= 0.6 is 0 Å². The summed E-state index contributed by atoms with van der Waals surface area (Å²) in [4.78, 5) is 16.1. The zero-order chi connectivity index (χ0) is 15.6. The molecule has 1 aromatic carbocycles. The minimum absolute atomic E-state index is 0.0741. The number of aromatic nitrogens is 2. The summed E-state index contributed by atoms with van der Waals surface area (Å²) >= 11 is 0. The number of nitrogens with one attached hydrogen (secondary N) is 1. The summed E-state index contributed by atoms with van der Waals surface area (Å²) in [6.45, 7) is 4.05. The third-order valence-corrected chi connectivity index (χ3v) is 3.80. The Morgan fingerprint density at radius 3 is 2.81 bits per heavy atom. The maximum absolute atomic E-state index is 13.7. The van der Waals surface area contributed by atoms with Crippen molar-refractivity contribution in [2.75, 3.05) is 6.54 Å². The molecule has 0 bridgehead atoms. The van der Waals surface area contributed by atoms with E-state index in [-0.39, 0.29) is 23.7 Å². The van der Waals surface area contributed by atoms with Gasteiger partial charge < -0.3 is 15.6 Å². The van der Waals surface area contributed by atoms with Gasteiger partial charge in [0.15, 0.2) is 5.82 Å². The van der Waals surface area contributed by atoms with Gasteiger partial charge in [0.1, 0.15) is 11.3 Å². The van der Waals surface area contributed by atoms with Gasteiger partial charge in [-0.05, 0) is 19.1 Å². The SMILES string of the molecule is CC(N)C(C)C(=O)NCCc1nc2c(F)cccc2n1C. The molecule has 2 rings (SSSR count). The fraction of sp³-hybridized carbons (Fsp3) is 0.467. The van der Waals surface area contributed by atoms with E-state index in [1.54, 1.807) is 19.9 Å². The van der Waals surface area contributed by atoms with E-state index in [2.05, 4.69) is 10.3 Å². The topological polar surface area (TPSA) is 72.9 Å². The predicted molar refractivity (Wildman–Crippen MR) is 80.2 cm³/mol. The standard InChI is InChI=1S/C15H21FN4O/c1-9(10(2)17)15(21)18-8-7-13-19-14-11(16)5-4-6-12(14)20(13)3/h4-6,9-10H,7-8,17H2,1-3H3,(H,18,21). The molecule has 1 amide bonds. The first-order valence-corrected chi connectivity index (χ1v) is 7.05. The fourth-order valence-corrected chi connectivity index (χ4v) is 2.15. The Morgan fingerprint density at radius 1 is 1.48 bits per heavy atom. The second kappa shape index (κ2) is 6.22. The zero-order valence-corrected chi connectivity index (χ0v) is 12.6. The first-order valence-electron chi connectivity index (χ1n) is 7.05. The van der Waals surface area contributed by atoms with E-state index < -0.39 is 0 Å². The van der Waals surface area contributed by atoms with Crippen molar-refractivity contribution in [3.63, 3.8) is 0 Å². The first-order chi connectivity index (χ1) is 9.91. The summed E-state index contributed by atoms with van der Waals surface area (Å²) in [6, 6.07) is 4.70. The molecule has 0 aliphatic rings. The van der Waals surface area contributed by atoms with Crippen molar-refractivity contribution in [1.29, 1.82) is 0 Å². The van der Waals surface area contributed by atoms with Gasteiger partial charge in [0.25, 0.3) is 0 Å². The van der Waals surface area contributed by atoms with E-state index in [0.717, 1.165) is 11.3 Å². The third-order valence-electron chi connectivity index (χ3n) is 3.80. The predicted octanol–water partition coefficient (Wildman–Crippen LogP) is 1.35. The van der Waals surface area contributed by atoms with E-state index in [9.17, 15) is 9.18 Å². The lowest BCUT2D eigenvalue weighted by atomic mass is 10.0. The number of para-hydroxylation sites is 1. The van der Waals surface area contributed by atoms with Gasteiger partial charge >= 0.3 is 0 Å². The number of nitrogens with two attached hydrogens (primary N) is 1. The van der Waals surface area contributed by atoms with E-state index in [4.69, 9.17) is 5.73 Å². The minimum Gasteiger partial charge on any atom is -0.355 e. The van der Waals surface area contributed by atoms with Gasteiger partial charge in [-0.2, -0.15) is 0 Å². The van der Waals surface area contributed by atoms with Crippen molar-refractivity contribution in [3.8, 4) is 0 Å². The van der Waals surface area contributed by atoms with Crippen LogP contribution in [0.2, 0.25) is 0 Å². The number of rotatable bonds is 5. The van der Waals surface area contributed by atoms with Gasteiger partial charge in [-0.1, -0.05) is 13.0 Å². The van der Waals surface area contributed by atoms with E-state index in [1.165, 1.54) is 6.07 Å². The second-order valence-corrected chi connectivity index (χ2v) is 5.38. The summed E-state index contributed by atoms with van der Waals surface area (Å²) in [6.07, 6.45) is 0.544. The van der Waals surface area contributed by atoms with Crippen LogP contribution in [0.3, 0.4) is 0 Å².